The van der Waals surface area contributed by atoms with E-state index in [1.165, 1.54) is 10.4 Å². The zero-order valence-corrected chi connectivity index (χ0v) is 16.2. The molecule has 0 aliphatic rings. The average Bonchev–Trinajstić information content (AvgIpc) is 2.56. The monoisotopic (exact) mass is 339 g/mol. The van der Waals surface area contributed by atoms with Gasteiger partial charge < -0.3 is 10.2 Å². The Labute approximate surface area is 147 Å². The van der Waals surface area contributed by atoms with Gasteiger partial charge in [-0.25, -0.2) is 0 Å². The van der Waals surface area contributed by atoms with Crippen LogP contribution in [0.25, 0.3) is 0 Å². The summed E-state index contributed by atoms with van der Waals surface area (Å²) >= 11 is 0. The van der Waals surface area contributed by atoms with Gasteiger partial charge >= 0.3 is 0 Å². The molecule has 1 atom stereocenters. The third-order valence-electron chi connectivity index (χ3n) is 4.35. The molecule has 0 spiro atoms. The van der Waals surface area contributed by atoms with Crippen LogP contribution in [-0.4, -0.2) is 21.0 Å². The summed E-state index contributed by atoms with van der Waals surface area (Å²) in [5.41, 5.74) is 6.20. The molecule has 0 fully saturated rings. The van der Waals surface area contributed by atoms with E-state index in [1.807, 2.05) is 19.1 Å². The van der Waals surface area contributed by atoms with Gasteiger partial charge in [0.15, 0.2) is 0 Å². The Bertz CT molecular complexity index is 607. The topological polar surface area (TPSA) is 35.2 Å². The Morgan fingerprint density at radius 1 is 0.958 bits per heavy atom. The maximum Gasteiger partial charge on any atom is 0.261 e. The molecule has 0 aromatic heterocycles. The van der Waals surface area contributed by atoms with Crippen molar-refractivity contribution in [1.82, 2.24) is 0 Å². The fraction of sp³-hybridized carbons (Fsp3) is 0.333. The third-order valence-corrected chi connectivity index (χ3v) is 9.35. The van der Waals surface area contributed by atoms with Gasteiger partial charge in [-0.1, -0.05) is 93.6 Å². The second-order valence-electron chi connectivity index (χ2n) is 7.16. The molecule has 0 saturated carbocycles. The molecule has 128 valence electrons. The molecule has 2 nitrogen and oxygen atoms in total. The lowest BCUT2D eigenvalue weighted by molar-refractivity contribution is 0.288. The summed E-state index contributed by atoms with van der Waals surface area (Å²) in [6.45, 7) is 9.35. The molecule has 2 rings (SSSR count). The van der Waals surface area contributed by atoms with Gasteiger partial charge in [0.1, 0.15) is 0 Å². The van der Waals surface area contributed by atoms with Gasteiger partial charge in [0, 0.05) is 6.04 Å². The lowest BCUT2D eigenvalue weighted by Crippen LogP contribution is -2.67. The highest BCUT2D eigenvalue weighted by Crippen LogP contribution is 2.36. The third kappa shape index (κ3) is 3.86. The number of rotatable bonds is 6. The van der Waals surface area contributed by atoms with Gasteiger partial charge in [0.25, 0.3) is 8.32 Å². The predicted molar refractivity (Wildman–Crippen MR) is 106 cm³/mol. The first kappa shape index (κ1) is 18.7. The number of nitrogens with two attached hydrogens (primary N) is 1. The van der Waals surface area contributed by atoms with Gasteiger partial charge in [0.05, 0.1) is 6.61 Å². The van der Waals surface area contributed by atoms with Crippen LogP contribution in [0.2, 0.25) is 5.04 Å². The van der Waals surface area contributed by atoms with Crippen molar-refractivity contribution in [3.05, 3.63) is 72.8 Å². The van der Waals surface area contributed by atoms with E-state index < -0.39 is 8.32 Å². The molecule has 0 heterocycles. The van der Waals surface area contributed by atoms with Gasteiger partial charge in [-0.05, 0) is 22.3 Å². The second-order valence-corrected chi connectivity index (χ2v) is 11.5. The van der Waals surface area contributed by atoms with E-state index in [2.05, 4.69) is 81.4 Å². The molecular formula is C21H29NOSi. The molecule has 0 bridgehead atoms. The first-order chi connectivity index (χ1) is 11.4. The number of hydrogen-bond acceptors (Lipinski definition) is 2. The minimum absolute atomic E-state index is 0.00858. The molecular weight excluding hydrogens is 310 g/mol. The summed E-state index contributed by atoms with van der Waals surface area (Å²) in [6, 6.07) is 21.2. The van der Waals surface area contributed by atoms with E-state index in [9.17, 15) is 0 Å². The van der Waals surface area contributed by atoms with Crippen molar-refractivity contribution < 1.29 is 4.43 Å². The predicted octanol–water partition coefficient (Wildman–Crippen LogP) is 3.47. The van der Waals surface area contributed by atoms with Crippen molar-refractivity contribution >= 4 is 18.7 Å². The summed E-state index contributed by atoms with van der Waals surface area (Å²) in [4.78, 5) is 0. The van der Waals surface area contributed by atoms with Crippen LogP contribution in [0.15, 0.2) is 72.8 Å². The number of benzene rings is 2. The van der Waals surface area contributed by atoms with Crippen molar-refractivity contribution in [2.45, 2.75) is 38.8 Å². The van der Waals surface area contributed by atoms with Crippen LogP contribution in [0.4, 0.5) is 0 Å². The summed E-state index contributed by atoms with van der Waals surface area (Å²) < 4.78 is 6.74. The molecule has 0 unspecified atom stereocenters. The lowest BCUT2D eigenvalue weighted by atomic mass is 10.2. The molecule has 0 saturated heterocycles. The van der Waals surface area contributed by atoms with Gasteiger partial charge in [-0.3, -0.25) is 0 Å². The smallest absolute Gasteiger partial charge is 0.261 e. The molecule has 2 aromatic carbocycles. The highest BCUT2D eigenvalue weighted by molar-refractivity contribution is 6.99. The van der Waals surface area contributed by atoms with Crippen LogP contribution in [0.5, 0.6) is 0 Å². The van der Waals surface area contributed by atoms with Crippen LogP contribution in [-0.2, 0) is 4.43 Å². The molecule has 24 heavy (non-hydrogen) atoms. The van der Waals surface area contributed by atoms with E-state index >= 15 is 0 Å². The highest BCUT2D eigenvalue weighted by atomic mass is 28.4. The van der Waals surface area contributed by atoms with Gasteiger partial charge in [-0.2, -0.15) is 0 Å². The molecule has 2 aromatic rings. The summed E-state index contributed by atoms with van der Waals surface area (Å²) in [6.07, 6.45) is 3.98. The highest BCUT2D eigenvalue weighted by Gasteiger charge is 2.50. The lowest BCUT2D eigenvalue weighted by Gasteiger charge is -2.43. The zero-order chi connectivity index (χ0) is 17.6. The van der Waals surface area contributed by atoms with Crippen LogP contribution < -0.4 is 16.1 Å². The van der Waals surface area contributed by atoms with Crippen LogP contribution >= 0.6 is 0 Å². The molecule has 0 radical (unpaired) electrons. The summed E-state index contributed by atoms with van der Waals surface area (Å²) in [5, 5.41) is 2.57. The van der Waals surface area contributed by atoms with E-state index in [1.54, 1.807) is 0 Å². The van der Waals surface area contributed by atoms with Crippen LogP contribution in [0.1, 0.15) is 27.7 Å². The summed E-state index contributed by atoms with van der Waals surface area (Å²) in [7, 11) is -2.46. The first-order valence-corrected chi connectivity index (χ1v) is 10.5. The molecule has 2 N–H and O–H groups in total. The second kappa shape index (κ2) is 7.93. The van der Waals surface area contributed by atoms with Crippen molar-refractivity contribution in [2.24, 2.45) is 5.73 Å². The Hall–Kier alpha value is -1.68. The summed E-state index contributed by atoms with van der Waals surface area (Å²) in [5.74, 6) is 0. The Balaban J connectivity index is 2.57. The number of allylic oxidation sites excluding steroid dienone is 1. The largest absolute Gasteiger partial charge is 0.406 e. The standard InChI is InChI=1S/C21H29NOSi/c1-5-12-18(22)17-23-24(21(2,3)4,19-13-8-6-9-14-19)20-15-10-7-11-16-20/h5-16,18H,17,22H2,1-4H3/b12-5+/t18-/m0/s1. The molecule has 0 amide bonds. The minimum atomic E-state index is -2.46. The molecule has 0 aliphatic heterocycles. The molecule has 0 aliphatic carbocycles. The quantitative estimate of drug-likeness (QED) is 0.646. The van der Waals surface area contributed by atoms with E-state index in [4.69, 9.17) is 10.2 Å². The van der Waals surface area contributed by atoms with Gasteiger partial charge in [0.2, 0.25) is 0 Å². The zero-order valence-electron chi connectivity index (χ0n) is 15.2. The fourth-order valence-electron chi connectivity index (χ4n) is 3.29. The van der Waals surface area contributed by atoms with Crippen LogP contribution in [0.3, 0.4) is 0 Å². The van der Waals surface area contributed by atoms with E-state index in [0.29, 0.717) is 6.61 Å². The van der Waals surface area contributed by atoms with Crippen molar-refractivity contribution in [2.75, 3.05) is 6.61 Å². The number of hydrogen-bond donors (Lipinski definition) is 1. The first-order valence-electron chi connectivity index (χ1n) is 8.55. The fourth-order valence-corrected chi connectivity index (χ4v) is 7.88. The average molecular weight is 340 g/mol. The Morgan fingerprint density at radius 2 is 1.42 bits per heavy atom. The maximum absolute atomic E-state index is 6.74. The Kier molecular flexibility index (Phi) is 6.16. The van der Waals surface area contributed by atoms with E-state index in [-0.39, 0.29) is 11.1 Å². The normalized spacial score (nSPS) is 14.0. The SMILES string of the molecule is C/C=C/[C@H](N)CO[Si](c1ccccc1)(c1ccccc1)C(C)(C)C. The van der Waals surface area contributed by atoms with Crippen molar-refractivity contribution in [3.63, 3.8) is 0 Å². The van der Waals surface area contributed by atoms with E-state index in [0.717, 1.165) is 0 Å². The van der Waals surface area contributed by atoms with Gasteiger partial charge in [-0.15, -0.1) is 0 Å². The minimum Gasteiger partial charge on any atom is -0.406 e. The van der Waals surface area contributed by atoms with Crippen molar-refractivity contribution in [1.29, 1.82) is 0 Å². The van der Waals surface area contributed by atoms with Crippen LogP contribution in [0, 0.1) is 0 Å². The van der Waals surface area contributed by atoms with Crippen molar-refractivity contribution in [3.8, 4) is 0 Å². The molecule has 3 heteroatoms. The maximum atomic E-state index is 6.74. The Morgan fingerprint density at radius 3 is 1.79 bits per heavy atom.